The van der Waals surface area contributed by atoms with Crippen LogP contribution in [0.2, 0.25) is 0 Å². The Hall–Kier alpha value is -1.08. The van der Waals surface area contributed by atoms with E-state index >= 15 is 0 Å². The summed E-state index contributed by atoms with van der Waals surface area (Å²) in [5, 5.41) is -6.52. The first-order chi connectivity index (χ1) is 9.73. The van der Waals surface area contributed by atoms with Gasteiger partial charge in [-0.1, -0.05) is 0 Å². The summed E-state index contributed by atoms with van der Waals surface area (Å²) in [5.74, 6) is -40.8. The second-order valence-electron chi connectivity index (χ2n) is 3.86. The van der Waals surface area contributed by atoms with Gasteiger partial charge in [0.15, 0.2) is 0 Å². The molecular weight excluding hydrogens is 392 g/mol. The van der Waals surface area contributed by atoms with Crippen molar-refractivity contribution < 1.29 is 62.2 Å². The first kappa shape index (κ1) is 21.9. The number of methoxy groups -OCH3 is 1. The molecule has 0 aromatic heterocycles. The highest BCUT2D eigenvalue weighted by Crippen LogP contribution is 2.60. The van der Waals surface area contributed by atoms with E-state index in [4.69, 9.17) is 0 Å². The molecule has 0 N–H and O–H groups in total. The molecule has 0 aromatic carbocycles. The van der Waals surface area contributed by atoms with Gasteiger partial charge in [-0.3, -0.25) is 0 Å². The van der Waals surface area contributed by atoms with Crippen LogP contribution in [0.1, 0.15) is 0 Å². The third kappa shape index (κ3) is 2.78. The predicted octanol–water partition coefficient (Wildman–Crippen LogP) is 4.17. The standard InChI is InChI=1S/C8H3ClF12O2/c1-23-2(22)3(10,11)4(12,13)5(14,15)6(16,17)7(18,19)8(9,20)21/h1H3. The fourth-order valence-corrected chi connectivity index (χ4v) is 1.14. The molecule has 0 radical (unpaired) electrons. The number of ether oxygens (including phenoxy) is 1. The summed E-state index contributed by atoms with van der Waals surface area (Å²) in [6.07, 6.45) is 0. The molecule has 0 atom stereocenters. The molecule has 2 nitrogen and oxygen atoms in total. The molecule has 0 fully saturated rings. The average molecular weight is 395 g/mol. The van der Waals surface area contributed by atoms with Gasteiger partial charge in [0.1, 0.15) is 0 Å². The molecule has 0 rings (SSSR count). The summed E-state index contributed by atoms with van der Waals surface area (Å²) in [6.45, 7) is 0. The zero-order chi connectivity index (χ0) is 19.3. The van der Waals surface area contributed by atoms with Gasteiger partial charge in [0, 0.05) is 0 Å². The van der Waals surface area contributed by atoms with E-state index in [2.05, 4.69) is 16.3 Å². The maximum Gasteiger partial charge on any atom is 0.410 e. The van der Waals surface area contributed by atoms with Gasteiger partial charge in [-0.25, -0.2) is 4.79 Å². The number of carbonyl (C=O) groups is 1. The van der Waals surface area contributed by atoms with Crippen LogP contribution in [0.5, 0.6) is 0 Å². The minimum Gasteiger partial charge on any atom is -0.464 e. The van der Waals surface area contributed by atoms with Crippen LogP contribution in [-0.2, 0) is 9.53 Å². The van der Waals surface area contributed by atoms with E-state index in [1.54, 1.807) is 0 Å². The number of halogens is 13. The van der Waals surface area contributed by atoms with Crippen LogP contribution >= 0.6 is 11.6 Å². The average Bonchev–Trinajstić information content (AvgIpc) is 2.35. The molecule has 15 heteroatoms. The van der Waals surface area contributed by atoms with Crippen molar-refractivity contribution in [3.05, 3.63) is 0 Å². The molecule has 0 aliphatic rings. The van der Waals surface area contributed by atoms with Gasteiger partial charge in [0.05, 0.1) is 7.11 Å². The minimum atomic E-state index is -7.83. The lowest BCUT2D eigenvalue weighted by Gasteiger charge is -2.39. The fourth-order valence-electron chi connectivity index (χ4n) is 1.03. The molecule has 138 valence electrons. The maximum atomic E-state index is 12.9. The molecule has 0 saturated heterocycles. The van der Waals surface area contributed by atoms with Crippen LogP contribution < -0.4 is 0 Å². The predicted molar refractivity (Wildman–Crippen MR) is 47.6 cm³/mol. The monoisotopic (exact) mass is 394 g/mol. The number of alkyl halides is 13. The minimum absolute atomic E-state index is 0.0515. The van der Waals surface area contributed by atoms with Gasteiger partial charge in [-0.15, -0.1) is 0 Å². The normalized spacial score (nSPS) is 15.6. The molecule has 0 saturated carbocycles. The molecule has 0 unspecified atom stereocenters. The molecule has 23 heavy (non-hydrogen) atoms. The quantitative estimate of drug-likeness (QED) is 0.384. The van der Waals surface area contributed by atoms with Crippen molar-refractivity contribution in [3.8, 4) is 0 Å². The summed E-state index contributed by atoms with van der Waals surface area (Å²) in [6, 6.07) is 0. The largest absolute Gasteiger partial charge is 0.464 e. The van der Waals surface area contributed by atoms with Crippen LogP contribution in [0.3, 0.4) is 0 Å². The van der Waals surface area contributed by atoms with Crippen LogP contribution in [0.25, 0.3) is 0 Å². The number of esters is 1. The molecule has 0 spiro atoms. The van der Waals surface area contributed by atoms with Crippen molar-refractivity contribution in [1.29, 1.82) is 0 Å². The summed E-state index contributed by atoms with van der Waals surface area (Å²) >= 11 is 3.45. The van der Waals surface area contributed by atoms with E-state index in [-0.39, 0.29) is 7.11 Å². The number of carbonyl (C=O) groups excluding carboxylic acids is 1. The zero-order valence-electron chi connectivity index (χ0n) is 10.2. The van der Waals surface area contributed by atoms with Crippen LogP contribution in [0.4, 0.5) is 52.7 Å². The molecule has 0 amide bonds. The first-order valence-corrected chi connectivity index (χ1v) is 5.15. The lowest BCUT2D eigenvalue weighted by Crippen LogP contribution is -2.71. The Morgan fingerprint density at radius 1 is 0.696 bits per heavy atom. The van der Waals surface area contributed by atoms with Gasteiger partial charge in [-0.2, -0.15) is 52.7 Å². The molecular formula is C8H3ClF12O2. The summed E-state index contributed by atoms with van der Waals surface area (Å²) in [7, 11) is -0.0515. The third-order valence-corrected chi connectivity index (χ3v) is 2.61. The second kappa shape index (κ2) is 5.48. The third-order valence-electron chi connectivity index (χ3n) is 2.38. The van der Waals surface area contributed by atoms with Gasteiger partial charge in [0.2, 0.25) is 0 Å². The van der Waals surface area contributed by atoms with Gasteiger partial charge in [0.25, 0.3) is 0 Å². The lowest BCUT2D eigenvalue weighted by molar-refractivity contribution is -0.412. The van der Waals surface area contributed by atoms with Crippen LogP contribution in [-0.4, -0.2) is 48.1 Å². The molecule has 0 heterocycles. The van der Waals surface area contributed by atoms with Gasteiger partial charge in [-0.05, 0) is 11.6 Å². The molecule has 0 aliphatic heterocycles. The van der Waals surface area contributed by atoms with E-state index in [1.807, 2.05) is 0 Å². The Bertz CT molecular complexity index is 468. The Morgan fingerprint density at radius 3 is 1.26 bits per heavy atom. The fraction of sp³-hybridized carbons (Fsp3) is 0.875. The second-order valence-corrected chi connectivity index (χ2v) is 4.34. The summed E-state index contributed by atoms with van der Waals surface area (Å²) < 4.78 is 155. The Kier molecular flexibility index (Phi) is 5.22. The summed E-state index contributed by atoms with van der Waals surface area (Å²) in [5.41, 5.74) is 0. The van der Waals surface area contributed by atoms with Gasteiger partial charge < -0.3 is 4.74 Å². The highest BCUT2D eigenvalue weighted by atomic mass is 35.5. The Morgan fingerprint density at radius 2 is 1.00 bits per heavy atom. The van der Waals surface area contributed by atoms with E-state index in [0.717, 1.165) is 0 Å². The van der Waals surface area contributed by atoms with Crippen molar-refractivity contribution in [2.45, 2.75) is 35.0 Å². The van der Waals surface area contributed by atoms with Crippen molar-refractivity contribution in [2.75, 3.05) is 7.11 Å². The summed E-state index contributed by atoms with van der Waals surface area (Å²) in [4.78, 5) is 10.3. The smallest absolute Gasteiger partial charge is 0.410 e. The maximum absolute atomic E-state index is 12.9. The van der Waals surface area contributed by atoms with E-state index in [0.29, 0.717) is 0 Å². The molecule has 0 bridgehead atoms. The van der Waals surface area contributed by atoms with Crippen LogP contribution in [0.15, 0.2) is 0 Å². The molecule has 0 aromatic rings. The van der Waals surface area contributed by atoms with Gasteiger partial charge >= 0.3 is 41.0 Å². The topological polar surface area (TPSA) is 26.3 Å². The van der Waals surface area contributed by atoms with E-state index < -0.39 is 41.0 Å². The Labute approximate surface area is 123 Å². The van der Waals surface area contributed by atoms with Crippen molar-refractivity contribution in [1.82, 2.24) is 0 Å². The Balaban J connectivity index is 6.30. The zero-order valence-corrected chi connectivity index (χ0v) is 11.0. The number of rotatable bonds is 6. The molecule has 0 aliphatic carbocycles. The van der Waals surface area contributed by atoms with Crippen molar-refractivity contribution >= 4 is 17.6 Å². The highest BCUT2D eigenvalue weighted by molar-refractivity contribution is 6.22. The van der Waals surface area contributed by atoms with Crippen LogP contribution in [0, 0.1) is 0 Å². The van der Waals surface area contributed by atoms with E-state index in [1.165, 1.54) is 0 Å². The van der Waals surface area contributed by atoms with Crippen molar-refractivity contribution in [3.63, 3.8) is 0 Å². The van der Waals surface area contributed by atoms with E-state index in [9.17, 15) is 57.5 Å². The van der Waals surface area contributed by atoms with Crippen molar-refractivity contribution in [2.24, 2.45) is 0 Å². The number of hydrogen-bond acceptors (Lipinski definition) is 2. The lowest BCUT2D eigenvalue weighted by atomic mass is 9.94. The first-order valence-electron chi connectivity index (χ1n) is 4.77. The SMILES string of the molecule is COC(=O)C(F)(F)C(F)(F)C(F)(F)C(F)(F)C(F)(F)C(F)(F)Cl. The number of hydrogen-bond donors (Lipinski definition) is 0. The highest BCUT2D eigenvalue weighted by Gasteiger charge is 2.91.